The topological polar surface area (TPSA) is 34.1 Å². The number of aromatic nitrogens is 1. The number of nitrogens with one attached hydrogen (secondary N) is 1. The summed E-state index contributed by atoms with van der Waals surface area (Å²) in [5.74, 6) is 0.797. The molecule has 4 heteroatoms. The third kappa shape index (κ3) is 3.71. The summed E-state index contributed by atoms with van der Waals surface area (Å²) in [4.78, 5) is 4.13. The molecule has 0 atom stereocenters. The number of hydrogen-bond acceptors (Lipinski definition) is 3. The first-order valence-electron chi connectivity index (χ1n) is 8.19. The van der Waals surface area contributed by atoms with Gasteiger partial charge in [-0.3, -0.25) is 4.98 Å². The van der Waals surface area contributed by atoms with Gasteiger partial charge in [0.2, 0.25) is 0 Å². The first-order chi connectivity index (χ1) is 10.8. The van der Waals surface area contributed by atoms with Gasteiger partial charge >= 0.3 is 0 Å². The largest absolute Gasteiger partial charge is 0.489 e. The highest BCUT2D eigenvalue weighted by Crippen LogP contribution is 2.32. The second-order valence-corrected chi connectivity index (χ2v) is 6.46. The number of halogens is 1. The van der Waals surface area contributed by atoms with Crippen molar-refractivity contribution >= 4 is 22.4 Å². The van der Waals surface area contributed by atoms with E-state index in [4.69, 9.17) is 16.3 Å². The highest BCUT2D eigenvalue weighted by atomic mass is 35.5. The molecular formula is C18H23ClN2O. The highest BCUT2D eigenvalue weighted by Gasteiger charge is 2.22. The van der Waals surface area contributed by atoms with Crippen LogP contribution in [0.25, 0.3) is 10.8 Å². The first kappa shape index (κ1) is 15.6. The molecule has 0 radical (unpaired) electrons. The normalized spacial score (nSPS) is 21.9. The lowest BCUT2D eigenvalue weighted by Crippen LogP contribution is -2.36. The van der Waals surface area contributed by atoms with E-state index in [1.54, 1.807) is 6.20 Å². The van der Waals surface area contributed by atoms with E-state index < -0.39 is 0 Å². The minimum atomic E-state index is 0.275. The first-order valence-corrected chi connectivity index (χ1v) is 8.57. The summed E-state index contributed by atoms with van der Waals surface area (Å²) in [5.41, 5.74) is 0. The molecule has 3 nitrogen and oxygen atoms in total. The maximum absolute atomic E-state index is 6.35. The Morgan fingerprint density at radius 3 is 2.82 bits per heavy atom. The Labute approximate surface area is 137 Å². The molecule has 1 aromatic heterocycles. The summed E-state index contributed by atoms with van der Waals surface area (Å²) in [6.45, 7) is 3.32. The predicted molar refractivity (Wildman–Crippen MR) is 91.7 cm³/mol. The van der Waals surface area contributed by atoms with Gasteiger partial charge in [-0.05, 0) is 62.2 Å². The third-order valence-electron chi connectivity index (χ3n) is 4.34. The van der Waals surface area contributed by atoms with Crippen molar-refractivity contribution in [1.82, 2.24) is 10.3 Å². The van der Waals surface area contributed by atoms with Gasteiger partial charge < -0.3 is 10.1 Å². The third-order valence-corrected chi connectivity index (χ3v) is 4.64. The Kier molecular flexibility index (Phi) is 5.16. The van der Waals surface area contributed by atoms with Crippen LogP contribution in [-0.2, 0) is 0 Å². The molecule has 118 valence electrons. The molecule has 0 amide bonds. The molecule has 0 spiro atoms. The number of benzene rings is 1. The molecule has 0 unspecified atom stereocenters. The second-order valence-electron chi connectivity index (χ2n) is 6.05. The number of ether oxygens (including phenoxy) is 1. The van der Waals surface area contributed by atoms with Crippen molar-refractivity contribution in [2.24, 2.45) is 0 Å². The van der Waals surface area contributed by atoms with Gasteiger partial charge in [0.25, 0.3) is 0 Å². The van der Waals surface area contributed by atoms with Crippen LogP contribution in [0.3, 0.4) is 0 Å². The number of nitrogens with zero attached hydrogens (tertiary/aromatic N) is 1. The number of pyridine rings is 1. The summed E-state index contributed by atoms with van der Waals surface area (Å²) >= 11 is 6.35. The fourth-order valence-corrected chi connectivity index (χ4v) is 3.31. The molecular weight excluding hydrogens is 296 g/mol. The van der Waals surface area contributed by atoms with Gasteiger partial charge in [-0.15, -0.1) is 0 Å². The highest BCUT2D eigenvalue weighted by molar-refractivity contribution is 6.32. The number of rotatable bonds is 5. The van der Waals surface area contributed by atoms with E-state index >= 15 is 0 Å². The van der Waals surface area contributed by atoms with Crippen molar-refractivity contribution in [2.75, 3.05) is 6.54 Å². The van der Waals surface area contributed by atoms with Crippen molar-refractivity contribution < 1.29 is 4.74 Å². The van der Waals surface area contributed by atoms with Crippen LogP contribution in [0.15, 0.2) is 30.6 Å². The molecule has 1 fully saturated rings. The van der Waals surface area contributed by atoms with E-state index in [1.165, 1.54) is 19.3 Å². The Morgan fingerprint density at radius 2 is 2.05 bits per heavy atom. The lowest BCUT2D eigenvalue weighted by atomic mass is 9.93. The average molecular weight is 319 g/mol. The summed E-state index contributed by atoms with van der Waals surface area (Å²) in [6.07, 6.45) is 9.63. The maximum Gasteiger partial charge on any atom is 0.138 e. The monoisotopic (exact) mass is 318 g/mol. The van der Waals surface area contributed by atoms with Crippen LogP contribution in [0, 0.1) is 0 Å². The van der Waals surface area contributed by atoms with Crippen molar-refractivity contribution in [3.63, 3.8) is 0 Å². The van der Waals surface area contributed by atoms with Gasteiger partial charge in [0.15, 0.2) is 0 Å². The van der Waals surface area contributed by atoms with Gasteiger partial charge in [0.05, 0.1) is 11.1 Å². The predicted octanol–water partition coefficient (Wildman–Crippen LogP) is 4.58. The summed E-state index contributed by atoms with van der Waals surface area (Å²) in [5, 5.41) is 6.44. The molecule has 3 rings (SSSR count). The van der Waals surface area contributed by atoms with Crippen LogP contribution in [0.5, 0.6) is 5.75 Å². The van der Waals surface area contributed by atoms with Crippen LogP contribution < -0.4 is 10.1 Å². The molecule has 0 bridgehead atoms. The Morgan fingerprint density at radius 1 is 1.23 bits per heavy atom. The quantitative estimate of drug-likeness (QED) is 0.876. The zero-order valence-electron chi connectivity index (χ0n) is 13.0. The van der Waals surface area contributed by atoms with E-state index in [-0.39, 0.29) is 6.10 Å². The lowest BCUT2D eigenvalue weighted by molar-refractivity contribution is 0.140. The second kappa shape index (κ2) is 7.30. The summed E-state index contributed by atoms with van der Waals surface area (Å²) in [6, 6.07) is 6.61. The van der Waals surface area contributed by atoms with E-state index in [1.807, 2.05) is 24.4 Å². The lowest BCUT2D eigenvalue weighted by Gasteiger charge is -2.30. The van der Waals surface area contributed by atoms with E-state index in [0.29, 0.717) is 11.1 Å². The van der Waals surface area contributed by atoms with Crippen molar-refractivity contribution in [2.45, 2.75) is 51.2 Å². The zero-order valence-corrected chi connectivity index (χ0v) is 13.8. The van der Waals surface area contributed by atoms with E-state index in [9.17, 15) is 0 Å². The Balaban J connectivity index is 1.63. The van der Waals surface area contributed by atoms with Gasteiger partial charge in [0.1, 0.15) is 5.75 Å². The van der Waals surface area contributed by atoms with Gasteiger partial charge in [-0.1, -0.05) is 18.5 Å². The van der Waals surface area contributed by atoms with Gasteiger partial charge in [-0.25, -0.2) is 0 Å². The maximum atomic E-state index is 6.35. The van der Waals surface area contributed by atoms with Crippen molar-refractivity contribution in [1.29, 1.82) is 0 Å². The molecule has 0 saturated heterocycles. The fraction of sp³-hybridized carbons (Fsp3) is 0.500. The smallest absolute Gasteiger partial charge is 0.138 e. The molecule has 1 aliphatic rings. The molecule has 1 saturated carbocycles. The summed E-state index contributed by atoms with van der Waals surface area (Å²) < 4.78 is 6.17. The minimum absolute atomic E-state index is 0.275. The number of fused-ring (bicyclic) bond motifs is 1. The van der Waals surface area contributed by atoms with E-state index in [2.05, 4.69) is 17.2 Å². The van der Waals surface area contributed by atoms with Crippen LogP contribution in [0.4, 0.5) is 0 Å². The minimum Gasteiger partial charge on any atom is -0.489 e. The standard InChI is InChI=1S/C18H23ClN2O/c1-2-8-21-15-3-5-16(6-4-15)22-18-11-13-7-9-20-12-14(13)10-17(18)19/h7,9-12,15-16,21H,2-6,8H2,1H3/t15-,16-. The van der Waals surface area contributed by atoms with Crippen LogP contribution in [-0.4, -0.2) is 23.7 Å². The molecule has 2 aromatic rings. The molecule has 1 N–H and O–H groups in total. The molecule has 1 aliphatic carbocycles. The molecule has 1 aromatic carbocycles. The van der Waals surface area contributed by atoms with Crippen molar-refractivity contribution in [3.05, 3.63) is 35.6 Å². The van der Waals surface area contributed by atoms with E-state index in [0.717, 1.165) is 35.9 Å². The van der Waals surface area contributed by atoms with Crippen LogP contribution in [0.2, 0.25) is 5.02 Å². The Hall–Kier alpha value is -1.32. The number of hydrogen-bond donors (Lipinski definition) is 1. The van der Waals surface area contributed by atoms with Gasteiger partial charge in [0, 0.05) is 23.8 Å². The SMILES string of the molecule is CCCN[C@H]1CC[C@H](Oc2cc3ccncc3cc2Cl)CC1. The fourth-order valence-electron chi connectivity index (χ4n) is 3.09. The average Bonchev–Trinajstić information content (AvgIpc) is 2.55. The molecule has 22 heavy (non-hydrogen) atoms. The zero-order chi connectivity index (χ0) is 15.4. The van der Waals surface area contributed by atoms with Crippen molar-refractivity contribution in [3.8, 4) is 5.75 Å². The van der Waals surface area contributed by atoms with Crippen LogP contribution >= 0.6 is 11.6 Å². The molecule has 1 heterocycles. The Bertz CT molecular complexity index is 624. The summed E-state index contributed by atoms with van der Waals surface area (Å²) in [7, 11) is 0. The van der Waals surface area contributed by atoms with Gasteiger partial charge in [-0.2, -0.15) is 0 Å². The van der Waals surface area contributed by atoms with Crippen LogP contribution in [0.1, 0.15) is 39.0 Å². The molecule has 0 aliphatic heterocycles.